The van der Waals surface area contributed by atoms with Crippen LogP contribution in [0.1, 0.15) is 63.8 Å². The van der Waals surface area contributed by atoms with Crippen molar-refractivity contribution in [1.82, 2.24) is 10.3 Å². The molecule has 0 aromatic carbocycles. The van der Waals surface area contributed by atoms with Crippen molar-refractivity contribution in [2.75, 3.05) is 5.32 Å². The van der Waals surface area contributed by atoms with E-state index in [1.165, 1.54) is 30.4 Å². The van der Waals surface area contributed by atoms with Crippen molar-refractivity contribution in [3.63, 3.8) is 0 Å². The van der Waals surface area contributed by atoms with Crippen LogP contribution in [0, 0.1) is 6.92 Å². The molecule has 2 N–H and O–H groups in total. The van der Waals surface area contributed by atoms with Gasteiger partial charge in [-0.1, -0.05) is 19.8 Å². The average molecular weight is 357 g/mol. The Morgan fingerprint density at radius 1 is 1.28 bits per heavy atom. The first-order valence-corrected chi connectivity index (χ1v) is 9.56. The summed E-state index contributed by atoms with van der Waals surface area (Å²) in [6, 6.07) is 3.68. The SMILES string of the molecule is CCc1c(C)sc(NC(=O)c2cccnc2)c1C(=O)NC1CCCC1. The number of carbonyl (C=O) groups excluding carboxylic acids is 2. The Hall–Kier alpha value is -2.21. The van der Waals surface area contributed by atoms with Crippen molar-refractivity contribution in [3.05, 3.63) is 46.1 Å². The van der Waals surface area contributed by atoms with Crippen molar-refractivity contribution < 1.29 is 9.59 Å². The van der Waals surface area contributed by atoms with Gasteiger partial charge in [0.25, 0.3) is 11.8 Å². The van der Waals surface area contributed by atoms with Gasteiger partial charge in [-0.25, -0.2) is 0 Å². The Morgan fingerprint density at radius 2 is 2.04 bits per heavy atom. The van der Waals surface area contributed by atoms with Crippen LogP contribution < -0.4 is 10.6 Å². The van der Waals surface area contributed by atoms with Crippen LogP contribution in [0.15, 0.2) is 24.5 Å². The summed E-state index contributed by atoms with van der Waals surface area (Å²) in [6.45, 7) is 4.03. The molecule has 1 fully saturated rings. The zero-order chi connectivity index (χ0) is 17.8. The van der Waals surface area contributed by atoms with Crippen molar-refractivity contribution >= 4 is 28.2 Å². The minimum atomic E-state index is -0.244. The van der Waals surface area contributed by atoms with Gasteiger partial charge in [-0.05, 0) is 43.9 Å². The average Bonchev–Trinajstić information content (AvgIpc) is 3.22. The lowest BCUT2D eigenvalue weighted by Crippen LogP contribution is -2.33. The van der Waals surface area contributed by atoms with Gasteiger partial charge >= 0.3 is 0 Å². The largest absolute Gasteiger partial charge is 0.349 e. The van der Waals surface area contributed by atoms with Gasteiger partial charge in [0.15, 0.2) is 0 Å². The van der Waals surface area contributed by atoms with Gasteiger partial charge in [0.05, 0.1) is 11.1 Å². The van der Waals surface area contributed by atoms with Gasteiger partial charge in [-0.15, -0.1) is 11.3 Å². The lowest BCUT2D eigenvalue weighted by atomic mass is 10.1. The third-order valence-corrected chi connectivity index (χ3v) is 5.69. The first-order valence-electron chi connectivity index (χ1n) is 8.74. The molecule has 2 aromatic rings. The summed E-state index contributed by atoms with van der Waals surface area (Å²) in [6.07, 6.45) is 8.31. The number of aromatic nitrogens is 1. The highest BCUT2D eigenvalue weighted by Gasteiger charge is 2.25. The van der Waals surface area contributed by atoms with Crippen LogP contribution in [0.2, 0.25) is 0 Å². The van der Waals surface area contributed by atoms with E-state index in [0.717, 1.165) is 29.7 Å². The maximum Gasteiger partial charge on any atom is 0.257 e. The highest BCUT2D eigenvalue weighted by atomic mass is 32.1. The van der Waals surface area contributed by atoms with Crippen LogP contribution >= 0.6 is 11.3 Å². The summed E-state index contributed by atoms with van der Waals surface area (Å²) in [5, 5.41) is 6.67. The molecule has 0 atom stereocenters. The molecule has 0 saturated heterocycles. The number of hydrogen-bond acceptors (Lipinski definition) is 4. The molecule has 1 aliphatic carbocycles. The third kappa shape index (κ3) is 3.90. The van der Waals surface area contributed by atoms with Crippen LogP contribution in [-0.4, -0.2) is 22.8 Å². The smallest absolute Gasteiger partial charge is 0.257 e. The van der Waals surface area contributed by atoms with E-state index in [9.17, 15) is 9.59 Å². The zero-order valence-electron chi connectivity index (χ0n) is 14.6. The van der Waals surface area contributed by atoms with E-state index in [1.54, 1.807) is 18.3 Å². The molecule has 6 heteroatoms. The number of amides is 2. The van der Waals surface area contributed by atoms with E-state index in [2.05, 4.69) is 15.6 Å². The monoisotopic (exact) mass is 357 g/mol. The van der Waals surface area contributed by atoms with E-state index < -0.39 is 0 Å². The number of pyridine rings is 1. The molecule has 0 aliphatic heterocycles. The molecule has 0 spiro atoms. The molecule has 1 aliphatic rings. The second kappa shape index (κ2) is 7.78. The van der Waals surface area contributed by atoms with Gasteiger partial charge in [0.1, 0.15) is 5.00 Å². The molecule has 1 saturated carbocycles. The highest BCUT2D eigenvalue weighted by molar-refractivity contribution is 7.16. The number of thiophene rings is 1. The fourth-order valence-electron chi connectivity index (χ4n) is 3.33. The van der Waals surface area contributed by atoms with E-state index in [-0.39, 0.29) is 17.9 Å². The highest BCUT2D eigenvalue weighted by Crippen LogP contribution is 2.34. The lowest BCUT2D eigenvalue weighted by Gasteiger charge is -2.14. The number of anilines is 1. The molecule has 0 unspecified atom stereocenters. The van der Waals surface area contributed by atoms with Gasteiger partial charge in [-0.2, -0.15) is 0 Å². The normalized spacial score (nSPS) is 14.5. The molecule has 5 nitrogen and oxygen atoms in total. The number of aryl methyl sites for hydroxylation is 1. The van der Waals surface area contributed by atoms with Crippen molar-refractivity contribution in [2.45, 2.75) is 52.0 Å². The molecule has 2 aromatic heterocycles. The zero-order valence-corrected chi connectivity index (χ0v) is 15.4. The summed E-state index contributed by atoms with van der Waals surface area (Å²) in [7, 11) is 0. The number of nitrogens with one attached hydrogen (secondary N) is 2. The van der Waals surface area contributed by atoms with Crippen LogP contribution in [-0.2, 0) is 6.42 Å². The summed E-state index contributed by atoms with van der Waals surface area (Å²) in [5.74, 6) is -0.318. The van der Waals surface area contributed by atoms with Crippen molar-refractivity contribution in [2.24, 2.45) is 0 Å². The first kappa shape index (κ1) is 17.6. The quantitative estimate of drug-likeness (QED) is 0.851. The van der Waals surface area contributed by atoms with Crippen LogP contribution in [0.3, 0.4) is 0 Å². The van der Waals surface area contributed by atoms with E-state index in [0.29, 0.717) is 16.1 Å². The maximum absolute atomic E-state index is 12.9. The molecular formula is C19H23N3O2S. The molecule has 0 radical (unpaired) electrons. The van der Waals surface area contributed by atoms with E-state index in [4.69, 9.17) is 0 Å². The number of rotatable bonds is 5. The second-order valence-electron chi connectivity index (χ2n) is 6.35. The van der Waals surface area contributed by atoms with Gasteiger partial charge in [0.2, 0.25) is 0 Å². The summed E-state index contributed by atoms with van der Waals surface area (Å²) in [5.41, 5.74) is 2.12. The standard InChI is InChI=1S/C19H23N3O2S/c1-3-15-12(2)25-19(22-17(23)13-7-6-10-20-11-13)16(15)18(24)21-14-8-4-5-9-14/h6-7,10-11,14H,3-5,8-9H2,1-2H3,(H,21,24)(H,22,23). The fraction of sp³-hybridized carbons (Fsp3) is 0.421. The van der Waals surface area contributed by atoms with Crippen LogP contribution in [0.25, 0.3) is 0 Å². The molecule has 132 valence electrons. The van der Waals surface area contributed by atoms with Crippen molar-refractivity contribution in [3.8, 4) is 0 Å². The Morgan fingerprint density at radius 3 is 2.68 bits per heavy atom. The Kier molecular flexibility index (Phi) is 5.48. The minimum absolute atomic E-state index is 0.0745. The predicted molar refractivity (Wildman–Crippen MR) is 100 cm³/mol. The Balaban J connectivity index is 1.85. The van der Waals surface area contributed by atoms with Gasteiger partial charge < -0.3 is 10.6 Å². The number of carbonyl (C=O) groups is 2. The predicted octanol–water partition coefficient (Wildman–Crippen LogP) is 3.94. The minimum Gasteiger partial charge on any atom is -0.349 e. The maximum atomic E-state index is 12.9. The Bertz CT molecular complexity index is 764. The molecule has 2 amide bonds. The number of nitrogens with zero attached hydrogens (tertiary/aromatic N) is 1. The summed E-state index contributed by atoms with van der Waals surface area (Å²) < 4.78 is 0. The van der Waals surface area contributed by atoms with E-state index >= 15 is 0 Å². The lowest BCUT2D eigenvalue weighted by molar-refractivity contribution is 0.0938. The van der Waals surface area contributed by atoms with Gasteiger partial charge in [0, 0.05) is 23.3 Å². The molecule has 25 heavy (non-hydrogen) atoms. The topological polar surface area (TPSA) is 71.1 Å². The fourth-order valence-corrected chi connectivity index (χ4v) is 4.47. The number of hydrogen-bond donors (Lipinski definition) is 2. The van der Waals surface area contributed by atoms with E-state index in [1.807, 2.05) is 13.8 Å². The first-order chi connectivity index (χ1) is 12.1. The summed E-state index contributed by atoms with van der Waals surface area (Å²) in [4.78, 5) is 30.4. The second-order valence-corrected chi connectivity index (χ2v) is 7.57. The summed E-state index contributed by atoms with van der Waals surface area (Å²) >= 11 is 1.46. The molecule has 3 rings (SSSR count). The van der Waals surface area contributed by atoms with Crippen LogP contribution in [0.5, 0.6) is 0 Å². The third-order valence-electron chi connectivity index (χ3n) is 4.63. The van der Waals surface area contributed by atoms with Gasteiger partial charge in [-0.3, -0.25) is 14.6 Å². The van der Waals surface area contributed by atoms with Crippen molar-refractivity contribution in [1.29, 1.82) is 0 Å². The molecular weight excluding hydrogens is 334 g/mol. The Labute approximate surface area is 151 Å². The molecule has 2 heterocycles. The van der Waals surface area contributed by atoms with Crippen LogP contribution in [0.4, 0.5) is 5.00 Å². The molecule has 0 bridgehead atoms.